The molecule has 0 saturated heterocycles. The average molecular weight is 239 g/mol. The second kappa shape index (κ2) is 6.17. The second-order valence-corrected chi connectivity index (χ2v) is 3.89. The lowest BCUT2D eigenvalue weighted by atomic mass is 10.00. The molecule has 0 heterocycles. The fraction of sp³-hybridized carbons (Fsp3) is 0.455. The first-order valence-corrected chi connectivity index (χ1v) is 5.49. The molecule has 0 unspecified atom stereocenters. The highest BCUT2D eigenvalue weighted by Gasteiger charge is 2.19. The lowest BCUT2D eigenvalue weighted by molar-refractivity contribution is -0.385. The van der Waals surface area contributed by atoms with Gasteiger partial charge in [-0.05, 0) is 31.5 Å². The van der Waals surface area contributed by atoms with Crippen LogP contribution < -0.4 is 11.5 Å². The van der Waals surface area contributed by atoms with Gasteiger partial charge in [0.1, 0.15) is 5.75 Å². The van der Waals surface area contributed by atoms with E-state index in [9.17, 15) is 15.2 Å². The third-order valence-corrected chi connectivity index (χ3v) is 2.58. The van der Waals surface area contributed by atoms with Crippen LogP contribution in [0.1, 0.15) is 30.9 Å². The van der Waals surface area contributed by atoms with Crippen molar-refractivity contribution in [2.75, 3.05) is 6.54 Å². The molecule has 1 rings (SSSR count). The summed E-state index contributed by atoms with van der Waals surface area (Å²) in [5, 5.41) is 20.2. The molecule has 0 amide bonds. The molecule has 1 aromatic rings. The van der Waals surface area contributed by atoms with E-state index >= 15 is 0 Å². The highest BCUT2D eigenvalue weighted by molar-refractivity contribution is 5.46. The number of phenolic OH excluding ortho intramolecular Hbond substituents is 1. The summed E-state index contributed by atoms with van der Waals surface area (Å²) in [6.07, 6.45) is 2.26. The van der Waals surface area contributed by atoms with Crippen molar-refractivity contribution in [2.45, 2.75) is 25.3 Å². The van der Waals surface area contributed by atoms with Crippen molar-refractivity contribution in [1.82, 2.24) is 0 Å². The van der Waals surface area contributed by atoms with E-state index in [1.54, 1.807) is 0 Å². The summed E-state index contributed by atoms with van der Waals surface area (Å²) < 4.78 is 0. The van der Waals surface area contributed by atoms with Gasteiger partial charge in [-0.2, -0.15) is 0 Å². The minimum Gasteiger partial charge on any atom is -0.508 e. The molecule has 17 heavy (non-hydrogen) atoms. The summed E-state index contributed by atoms with van der Waals surface area (Å²) >= 11 is 0. The Hall–Kier alpha value is -1.66. The monoisotopic (exact) mass is 239 g/mol. The van der Waals surface area contributed by atoms with Gasteiger partial charge in [0.25, 0.3) is 5.69 Å². The van der Waals surface area contributed by atoms with Gasteiger partial charge in [-0.25, -0.2) is 0 Å². The van der Waals surface area contributed by atoms with E-state index in [4.69, 9.17) is 11.5 Å². The van der Waals surface area contributed by atoms with E-state index in [2.05, 4.69) is 0 Å². The fourth-order valence-electron chi connectivity index (χ4n) is 1.67. The van der Waals surface area contributed by atoms with Gasteiger partial charge in [0.2, 0.25) is 0 Å². The molecule has 0 fully saturated rings. The van der Waals surface area contributed by atoms with Crippen molar-refractivity contribution >= 4 is 5.69 Å². The molecule has 0 radical (unpaired) electrons. The van der Waals surface area contributed by atoms with Crippen molar-refractivity contribution in [2.24, 2.45) is 11.5 Å². The van der Waals surface area contributed by atoms with Crippen LogP contribution in [0.25, 0.3) is 0 Å². The van der Waals surface area contributed by atoms with Gasteiger partial charge in [-0.3, -0.25) is 10.1 Å². The maximum absolute atomic E-state index is 10.8. The molecule has 0 aliphatic heterocycles. The van der Waals surface area contributed by atoms with Gasteiger partial charge < -0.3 is 16.6 Å². The number of nitro groups is 1. The van der Waals surface area contributed by atoms with Gasteiger partial charge in [-0.1, -0.05) is 6.42 Å². The highest BCUT2D eigenvalue weighted by atomic mass is 16.6. The molecular formula is C11H17N3O3. The second-order valence-electron chi connectivity index (χ2n) is 3.89. The summed E-state index contributed by atoms with van der Waals surface area (Å²) in [6.45, 7) is 0.578. The summed E-state index contributed by atoms with van der Waals surface area (Å²) in [4.78, 5) is 10.3. The third-order valence-electron chi connectivity index (χ3n) is 2.58. The third kappa shape index (κ3) is 3.69. The van der Waals surface area contributed by atoms with Crippen molar-refractivity contribution in [3.63, 3.8) is 0 Å². The molecule has 6 heteroatoms. The first kappa shape index (κ1) is 13.4. The number of nitrogens with two attached hydrogens (primary N) is 2. The minimum atomic E-state index is -0.489. The number of nitro benzene ring substituents is 1. The van der Waals surface area contributed by atoms with Crippen LogP contribution >= 0.6 is 0 Å². The molecule has 0 saturated carbocycles. The zero-order chi connectivity index (χ0) is 12.8. The van der Waals surface area contributed by atoms with E-state index in [1.165, 1.54) is 18.2 Å². The fourth-order valence-corrected chi connectivity index (χ4v) is 1.67. The Morgan fingerprint density at radius 1 is 1.41 bits per heavy atom. The van der Waals surface area contributed by atoms with Crippen LogP contribution in [0, 0.1) is 10.1 Å². The zero-order valence-electron chi connectivity index (χ0n) is 9.50. The predicted molar refractivity (Wildman–Crippen MR) is 64.6 cm³/mol. The van der Waals surface area contributed by atoms with Gasteiger partial charge >= 0.3 is 0 Å². The van der Waals surface area contributed by atoms with E-state index < -0.39 is 11.0 Å². The Labute approximate surface area is 99.4 Å². The molecular weight excluding hydrogens is 222 g/mol. The number of phenols is 1. The van der Waals surface area contributed by atoms with Crippen LogP contribution in [0.5, 0.6) is 5.75 Å². The van der Waals surface area contributed by atoms with Crippen LogP contribution in [-0.4, -0.2) is 16.6 Å². The Morgan fingerprint density at radius 3 is 2.71 bits per heavy atom. The van der Waals surface area contributed by atoms with E-state index in [0.717, 1.165) is 12.8 Å². The SMILES string of the molecule is NCCCC[C@H](N)c1cc(O)ccc1[N+](=O)[O-]. The van der Waals surface area contributed by atoms with Gasteiger partial charge in [0, 0.05) is 12.1 Å². The molecule has 0 aromatic heterocycles. The Balaban J connectivity index is 2.86. The quantitative estimate of drug-likeness (QED) is 0.394. The van der Waals surface area contributed by atoms with Crippen LogP contribution in [0.15, 0.2) is 18.2 Å². The lowest BCUT2D eigenvalue weighted by Crippen LogP contribution is -2.13. The Morgan fingerprint density at radius 2 is 2.12 bits per heavy atom. The maximum Gasteiger partial charge on any atom is 0.274 e. The largest absolute Gasteiger partial charge is 0.508 e. The summed E-state index contributed by atoms with van der Waals surface area (Å²) in [5.41, 5.74) is 11.6. The molecule has 0 aliphatic rings. The van der Waals surface area contributed by atoms with Crippen LogP contribution in [0.4, 0.5) is 5.69 Å². The molecule has 0 spiro atoms. The molecule has 1 aromatic carbocycles. The van der Waals surface area contributed by atoms with Gasteiger partial charge in [0.05, 0.1) is 10.5 Å². The number of unbranched alkanes of at least 4 members (excludes halogenated alkanes) is 1. The first-order valence-electron chi connectivity index (χ1n) is 5.49. The maximum atomic E-state index is 10.8. The predicted octanol–water partition coefficient (Wildman–Crippen LogP) is 1.43. The number of benzene rings is 1. The average Bonchev–Trinajstić information content (AvgIpc) is 2.28. The minimum absolute atomic E-state index is 0.0140. The van der Waals surface area contributed by atoms with Crippen LogP contribution in [0.3, 0.4) is 0 Å². The van der Waals surface area contributed by atoms with Gasteiger partial charge in [0.15, 0.2) is 0 Å². The van der Waals surface area contributed by atoms with Gasteiger partial charge in [-0.15, -0.1) is 0 Å². The van der Waals surface area contributed by atoms with Crippen molar-refractivity contribution in [3.05, 3.63) is 33.9 Å². The summed E-state index contributed by atoms with van der Waals surface area (Å²) in [5.74, 6) is -0.0140. The number of nitrogens with zero attached hydrogens (tertiary/aromatic N) is 1. The zero-order valence-corrected chi connectivity index (χ0v) is 9.50. The lowest BCUT2D eigenvalue weighted by Gasteiger charge is -2.12. The van der Waals surface area contributed by atoms with E-state index in [-0.39, 0.29) is 11.4 Å². The first-order chi connectivity index (χ1) is 8.06. The number of hydrogen-bond acceptors (Lipinski definition) is 5. The van der Waals surface area contributed by atoms with Crippen LogP contribution in [0.2, 0.25) is 0 Å². The molecule has 6 nitrogen and oxygen atoms in total. The topological polar surface area (TPSA) is 115 Å². The standard InChI is InChI=1S/C11H17N3O3/c12-6-2-1-3-10(13)9-7-8(15)4-5-11(9)14(16)17/h4-5,7,10,15H,1-3,6,12-13H2/t10-/m0/s1. The Kier molecular flexibility index (Phi) is 4.86. The normalized spacial score (nSPS) is 12.4. The molecule has 1 atom stereocenters. The van der Waals surface area contributed by atoms with E-state index in [1.807, 2.05) is 0 Å². The molecule has 0 bridgehead atoms. The number of rotatable bonds is 6. The number of aromatic hydroxyl groups is 1. The molecule has 0 aliphatic carbocycles. The number of hydrogen-bond donors (Lipinski definition) is 3. The molecule has 94 valence electrons. The summed E-state index contributed by atoms with van der Waals surface area (Å²) in [7, 11) is 0. The van der Waals surface area contributed by atoms with Crippen molar-refractivity contribution in [3.8, 4) is 5.75 Å². The van der Waals surface area contributed by atoms with E-state index in [0.29, 0.717) is 18.5 Å². The molecule has 5 N–H and O–H groups in total. The Bertz CT molecular complexity index is 396. The summed E-state index contributed by atoms with van der Waals surface area (Å²) in [6, 6.07) is 3.46. The van der Waals surface area contributed by atoms with Crippen molar-refractivity contribution < 1.29 is 10.0 Å². The van der Waals surface area contributed by atoms with Crippen molar-refractivity contribution in [1.29, 1.82) is 0 Å². The highest BCUT2D eigenvalue weighted by Crippen LogP contribution is 2.29. The van der Waals surface area contributed by atoms with Crippen LogP contribution in [-0.2, 0) is 0 Å². The smallest absolute Gasteiger partial charge is 0.274 e.